The van der Waals surface area contributed by atoms with Crippen molar-refractivity contribution in [2.24, 2.45) is 11.8 Å². The predicted molar refractivity (Wildman–Crippen MR) is 124 cm³/mol. The maximum atomic E-state index is 13.5. The van der Waals surface area contributed by atoms with Gasteiger partial charge < -0.3 is 15.2 Å². The standard InChI is InChI=1S/C26H28N4O2/c31-25(28-14-11-18-6-5-13-27-16-18)21-8-1-2-9-22(21)26(32)30-15-12-20-19-7-3-4-10-23(19)29-24(20)17-30/h1-7,10,13,16,21-22,29H,8-9,11-12,14-15,17H2,(H,28,31). The van der Waals surface area contributed by atoms with Crippen molar-refractivity contribution in [2.75, 3.05) is 13.1 Å². The Bertz CT molecular complexity index is 1150. The number of hydrogen-bond donors (Lipinski definition) is 2. The molecule has 1 aliphatic carbocycles. The van der Waals surface area contributed by atoms with Crippen LogP contribution in [0.15, 0.2) is 60.9 Å². The van der Waals surface area contributed by atoms with Crippen LogP contribution in [-0.2, 0) is 29.0 Å². The molecule has 2 atom stereocenters. The van der Waals surface area contributed by atoms with Crippen LogP contribution in [0.25, 0.3) is 10.9 Å². The monoisotopic (exact) mass is 428 g/mol. The van der Waals surface area contributed by atoms with Gasteiger partial charge in [0.1, 0.15) is 0 Å². The van der Waals surface area contributed by atoms with Crippen LogP contribution < -0.4 is 5.32 Å². The molecule has 0 saturated heterocycles. The summed E-state index contributed by atoms with van der Waals surface area (Å²) in [5, 5.41) is 4.30. The Morgan fingerprint density at radius 3 is 2.78 bits per heavy atom. The second kappa shape index (κ2) is 8.99. The van der Waals surface area contributed by atoms with E-state index in [0.717, 1.165) is 29.6 Å². The minimum absolute atomic E-state index is 0.0279. The molecule has 164 valence electrons. The Kier molecular flexibility index (Phi) is 5.75. The number of nitrogens with zero attached hydrogens (tertiary/aromatic N) is 2. The van der Waals surface area contributed by atoms with E-state index in [4.69, 9.17) is 0 Å². The molecule has 1 aliphatic heterocycles. The molecule has 2 unspecified atom stereocenters. The van der Waals surface area contributed by atoms with Gasteiger partial charge in [0.15, 0.2) is 0 Å². The zero-order valence-electron chi connectivity index (χ0n) is 18.1. The van der Waals surface area contributed by atoms with E-state index in [1.807, 2.05) is 41.4 Å². The van der Waals surface area contributed by atoms with Gasteiger partial charge in [0.2, 0.25) is 11.8 Å². The zero-order valence-corrected chi connectivity index (χ0v) is 18.1. The molecule has 2 amide bonds. The third-order valence-corrected chi connectivity index (χ3v) is 6.72. The van der Waals surface area contributed by atoms with Crippen molar-refractivity contribution in [2.45, 2.75) is 32.2 Å². The van der Waals surface area contributed by atoms with Crippen LogP contribution in [0.1, 0.15) is 29.7 Å². The number of rotatable bonds is 5. The Morgan fingerprint density at radius 1 is 1.09 bits per heavy atom. The Balaban J connectivity index is 1.24. The van der Waals surface area contributed by atoms with Crippen molar-refractivity contribution in [3.05, 3.63) is 77.8 Å². The maximum Gasteiger partial charge on any atom is 0.227 e. The molecule has 0 bridgehead atoms. The second-order valence-corrected chi connectivity index (χ2v) is 8.70. The van der Waals surface area contributed by atoms with E-state index < -0.39 is 0 Å². The quantitative estimate of drug-likeness (QED) is 0.612. The summed E-state index contributed by atoms with van der Waals surface area (Å²) in [7, 11) is 0. The fourth-order valence-corrected chi connectivity index (χ4v) is 5.00. The number of aromatic nitrogens is 2. The average Bonchev–Trinajstić information content (AvgIpc) is 3.22. The third kappa shape index (κ3) is 4.05. The fraction of sp³-hybridized carbons (Fsp3) is 0.346. The normalized spacial score (nSPS) is 20.2. The molecular weight excluding hydrogens is 400 g/mol. The first kappa shape index (κ1) is 20.5. The highest BCUT2D eigenvalue weighted by Crippen LogP contribution is 2.32. The number of aromatic amines is 1. The van der Waals surface area contributed by atoms with Gasteiger partial charge in [-0.2, -0.15) is 0 Å². The zero-order chi connectivity index (χ0) is 21.9. The molecule has 2 aliphatic rings. The van der Waals surface area contributed by atoms with Crippen LogP contribution >= 0.6 is 0 Å². The number of fused-ring (bicyclic) bond motifs is 3. The first-order valence-corrected chi connectivity index (χ1v) is 11.4. The lowest BCUT2D eigenvalue weighted by Crippen LogP contribution is -2.46. The highest BCUT2D eigenvalue weighted by atomic mass is 16.2. The SMILES string of the molecule is O=C(NCCc1cccnc1)C1CC=CCC1C(=O)N1CCc2c([nH]c3ccccc23)C1. The Labute approximate surface area is 187 Å². The van der Waals surface area contributed by atoms with Gasteiger partial charge >= 0.3 is 0 Å². The first-order chi connectivity index (χ1) is 15.7. The van der Waals surface area contributed by atoms with Gasteiger partial charge in [-0.25, -0.2) is 0 Å². The van der Waals surface area contributed by atoms with Gasteiger partial charge in [-0.1, -0.05) is 36.4 Å². The molecule has 6 nitrogen and oxygen atoms in total. The molecule has 0 spiro atoms. The van der Waals surface area contributed by atoms with Crippen molar-refractivity contribution < 1.29 is 9.59 Å². The molecule has 3 aromatic rings. The molecule has 2 aromatic heterocycles. The number of allylic oxidation sites excluding steroid dienone is 2. The highest BCUT2D eigenvalue weighted by Gasteiger charge is 2.37. The number of amides is 2. The summed E-state index contributed by atoms with van der Waals surface area (Å²) in [6.45, 7) is 1.83. The van der Waals surface area contributed by atoms with Gasteiger partial charge in [-0.15, -0.1) is 0 Å². The smallest absolute Gasteiger partial charge is 0.227 e. The molecule has 2 N–H and O–H groups in total. The largest absolute Gasteiger partial charge is 0.357 e. The minimum Gasteiger partial charge on any atom is -0.357 e. The predicted octanol–water partition coefficient (Wildman–Crippen LogP) is 3.39. The van der Waals surface area contributed by atoms with E-state index >= 15 is 0 Å². The van der Waals surface area contributed by atoms with Crippen molar-refractivity contribution in [1.29, 1.82) is 0 Å². The van der Waals surface area contributed by atoms with Crippen LogP contribution in [-0.4, -0.2) is 39.8 Å². The number of para-hydroxylation sites is 1. The summed E-state index contributed by atoms with van der Waals surface area (Å²) >= 11 is 0. The van der Waals surface area contributed by atoms with Gasteiger partial charge in [0.05, 0.1) is 18.4 Å². The summed E-state index contributed by atoms with van der Waals surface area (Å²) in [5.74, 6) is -0.555. The highest BCUT2D eigenvalue weighted by molar-refractivity contribution is 5.89. The topological polar surface area (TPSA) is 78.1 Å². The van der Waals surface area contributed by atoms with E-state index in [2.05, 4.69) is 33.5 Å². The van der Waals surface area contributed by atoms with Crippen LogP contribution in [0.4, 0.5) is 0 Å². The Morgan fingerprint density at radius 2 is 1.94 bits per heavy atom. The number of carbonyl (C=O) groups is 2. The number of pyridine rings is 1. The van der Waals surface area contributed by atoms with Crippen LogP contribution in [0, 0.1) is 11.8 Å². The van der Waals surface area contributed by atoms with E-state index in [1.165, 1.54) is 10.9 Å². The third-order valence-electron chi connectivity index (χ3n) is 6.72. The molecule has 6 heteroatoms. The van der Waals surface area contributed by atoms with Crippen molar-refractivity contribution in [1.82, 2.24) is 20.2 Å². The van der Waals surface area contributed by atoms with Crippen LogP contribution in [0.2, 0.25) is 0 Å². The van der Waals surface area contributed by atoms with E-state index in [1.54, 1.807) is 6.20 Å². The van der Waals surface area contributed by atoms with Crippen molar-refractivity contribution >= 4 is 22.7 Å². The molecular formula is C26H28N4O2. The van der Waals surface area contributed by atoms with Crippen molar-refractivity contribution in [3.63, 3.8) is 0 Å². The second-order valence-electron chi connectivity index (χ2n) is 8.70. The number of benzene rings is 1. The molecule has 0 radical (unpaired) electrons. The van der Waals surface area contributed by atoms with Gasteiger partial charge in [-0.3, -0.25) is 14.6 Å². The Hall–Kier alpha value is -3.41. The lowest BCUT2D eigenvalue weighted by Gasteiger charge is -2.34. The summed E-state index contributed by atoms with van der Waals surface area (Å²) in [6.07, 6.45) is 10.4. The molecule has 1 aromatic carbocycles. The number of H-pyrrole nitrogens is 1. The van der Waals surface area contributed by atoms with Crippen LogP contribution in [0.3, 0.4) is 0 Å². The molecule has 32 heavy (non-hydrogen) atoms. The number of nitrogens with one attached hydrogen (secondary N) is 2. The van der Waals surface area contributed by atoms with Gasteiger partial charge in [-0.05, 0) is 48.9 Å². The summed E-state index contributed by atoms with van der Waals surface area (Å²) in [6, 6.07) is 12.2. The molecule has 0 fully saturated rings. The van der Waals surface area contributed by atoms with E-state index in [0.29, 0.717) is 32.5 Å². The molecule has 5 rings (SSSR count). The first-order valence-electron chi connectivity index (χ1n) is 11.4. The molecule has 3 heterocycles. The number of carbonyl (C=O) groups excluding carboxylic acids is 2. The van der Waals surface area contributed by atoms with Gasteiger partial charge in [0, 0.05) is 42.1 Å². The van der Waals surface area contributed by atoms with Crippen LogP contribution in [0.5, 0.6) is 0 Å². The average molecular weight is 429 g/mol. The minimum atomic E-state index is -0.314. The number of hydrogen-bond acceptors (Lipinski definition) is 3. The molecule has 0 saturated carbocycles. The summed E-state index contributed by atoms with van der Waals surface area (Å²) in [4.78, 5) is 36.0. The lowest BCUT2D eigenvalue weighted by atomic mass is 9.81. The van der Waals surface area contributed by atoms with Gasteiger partial charge in [0.25, 0.3) is 0 Å². The lowest BCUT2D eigenvalue weighted by molar-refractivity contribution is -0.142. The summed E-state index contributed by atoms with van der Waals surface area (Å²) < 4.78 is 0. The van der Waals surface area contributed by atoms with E-state index in [-0.39, 0.29) is 23.7 Å². The fourth-order valence-electron chi connectivity index (χ4n) is 5.00. The maximum absolute atomic E-state index is 13.5. The van der Waals surface area contributed by atoms with E-state index in [9.17, 15) is 9.59 Å². The van der Waals surface area contributed by atoms with Crippen molar-refractivity contribution in [3.8, 4) is 0 Å². The summed E-state index contributed by atoms with van der Waals surface area (Å²) in [5.41, 5.74) is 4.65.